The van der Waals surface area contributed by atoms with Gasteiger partial charge < -0.3 is 15.7 Å². The van der Waals surface area contributed by atoms with E-state index in [9.17, 15) is 4.79 Å². The number of hydrogen-bond donors (Lipinski definition) is 2. The van der Waals surface area contributed by atoms with Crippen molar-refractivity contribution in [2.75, 3.05) is 13.7 Å². The summed E-state index contributed by atoms with van der Waals surface area (Å²) >= 11 is 0. The molecule has 2 atom stereocenters. The maximum absolute atomic E-state index is 11.9. The number of nitrogens with zero attached hydrogens (tertiary/aromatic N) is 1. The molecule has 0 bridgehead atoms. The van der Waals surface area contributed by atoms with E-state index >= 15 is 0 Å². The van der Waals surface area contributed by atoms with E-state index in [1.165, 1.54) is 4.90 Å². The predicted octanol–water partition coefficient (Wildman–Crippen LogP) is 0.396. The lowest BCUT2D eigenvalue weighted by molar-refractivity contribution is -0.133. The molecule has 94 valence electrons. The van der Waals surface area contributed by atoms with Crippen LogP contribution in [0.1, 0.15) is 12.5 Å². The normalized spacial score (nSPS) is 14.1. The number of nitrogens with two attached hydrogens (primary N) is 1. The monoisotopic (exact) mass is 236 g/mol. The molecule has 0 spiro atoms. The maximum Gasteiger partial charge on any atom is 0.239 e. The molecule has 0 aliphatic rings. The molecule has 1 amide bonds. The van der Waals surface area contributed by atoms with Crippen molar-refractivity contribution in [3.63, 3.8) is 0 Å². The van der Waals surface area contributed by atoms with Gasteiger partial charge in [0.1, 0.15) is 0 Å². The van der Waals surface area contributed by atoms with Crippen LogP contribution in [-0.4, -0.2) is 41.7 Å². The van der Waals surface area contributed by atoms with Crippen LogP contribution in [0.3, 0.4) is 0 Å². The lowest BCUT2D eigenvalue weighted by Gasteiger charge is -2.26. The van der Waals surface area contributed by atoms with Crippen LogP contribution in [-0.2, 0) is 11.2 Å². The molecule has 1 aromatic rings. The van der Waals surface area contributed by atoms with E-state index in [4.69, 9.17) is 10.8 Å². The smallest absolute Gasteiger partial charge is 0.239 e. The molecule has 0 aromatic heterocycles. The second kappa shape index (κ2) is 6.37. The summed E-state index contributed by atoms with van der Waals surface area (Å²) in [5, 5.41) is 8.99. The summed E-state index contributed by atoms with van der Waals surface area (Å²) in [5.41, 5.74) is 6.91. The first kappa shape index (κ1) is 13.7. The summed E-state index contributed by atoms with van der Waals surface area (Å²) in [5.74, 6) is -0.143. The van der Waals surface area contributed by atoms with Crippen molar-refractivity contribution in [1.82, 2.24) is 4.90 Å². The van der Waals surface area contributed by atoms with Crippen molar-refractivity contribution in [3.8, 4) is 0 Å². The minimum absolute atomic E-state index is 0.0553. The first-order chi connectivity index (χ1) is 8.06. The van der Waals surface area contributed by atoms with E-state index in [1.807, 2.05) is 30.3 Å². The van der Waals surface area contributed by atoms with Crippen LogP contribution in [0.2, 0.25) is 0 Å². The molecule has 0 saturated heterocycles. The van der Waals surface area contributed by atoms with E-state index < -0.39 is 6.04 Å². The zero-order valence-electron chi connectivity index (χ0n) is 10.3. The molecule has 0 saturated carbocycles. The highest BCUT2D eigenvalue weighted by molar-refractivity contribution is 5.82. The Morgan fingerprint density at radius 1 is 1.41 bits per heavy atom. The summed E-state index contributed by atoms with van der Waals surface area (Å²) in [6.07, 6.45) is 0.516. The van der Waals surface area contributed by atoms with Gasteiger partial charge in [-0.1, -0.05) is 30.3 Å². The molecule has 2 unspecified atom stereocenters. The summed E-state index contributed by atoms with van der Waals surface area (Å²) < 4.78 is 0. The van der Waals surface area contributed by atoms with E-state index in [0.29, 0.717) is 6.42 Å². The molecule has 17 heavy (non-hydrogen) atoms. The highest BCUT2D eigenvalue weighted by atomic mass is 16.3. The topological polar surface area (TPSA) is 66.6 Å². The van der Waals surface area contributed by atoms with Gasteiger partial charge in [0.25, 0.3) is 0 Å². The Balaban J connectivity index is 2.58. The molecule has 4 heteroatoms. The van der Waals surface area contributed by atoms with Gasteiger partial charge in [0, 0.05) is 7.05 Å². The van der Waals surface area contributed by atoms with Gasteiger partial charge in [-0.3, -0.25) is 4.79 Å². The van der Waals surface area contributed by atoms with Crippen LogP contribution in [0.15, 0.2) is 30.3 Å². The molecule has 0 aliphatic heterocycles. The first-order valence-electron chi connectivity index (χ1n) is 5.73. The van der Waals surface area contributed by atoms with Gasteiger partial charge in [-0.15, -0.1) is 0 Å². The standard InChI is InChI=1S/C13H20N2O2/c1-10(9-16)15(2)13(17)12(14)8-11-6-4-3-5-7-11/h3-7,10,12,16H,8-9,14H2,1-2H3. The van der Waals surface area contributed by atoms with Crippen LogP contribution < -0.4 is 5.73 Å². The van der Waals surface area contributed by atoms with Crippen LogP contribution in [0, 0.1) is 0 Å². The Labute approximate surface area is 102 Å². The van der Waals surface area contributed by atoms with Crippen LogP contribution in [0.25, 0.3) is 0 Å². The number of benzene rings is 1. The van der Waals surface area contributed by atoms with Gasteiger partial charge in [-0.05, 0) is 18.9 Å². The predicted molar refractivity (Wildman–Crippen MR) is 67.4 cm³/mol. The second-order valence-electron chi connectivity index (χ2n) is 4.28. The Morgan fingerprint density at radius 3 is 2.53 bits per heavy atom. The van der Waals surface area contributed by atoms with E-state index in [1.54, 1.807) is 14.0 Å². The quantitative estimate of drug-likeness (QED) is 0.777. The summed E-state index contributed by atoms with van der Waals surface area (Å²) in [4.78, 5) is 13.4. The number of carbonyl (C=O) groups is 1. The molecule has 4 nitrogen and oxygen atoms in total. The molecule has 3 N–H and O–H groups in total. The number of hydrogen-bond acceptors (Lipinski definition) is 3. The zero-order valence-corrected chi connectivity index (χ0v) is 10.3. The lowest BCUT2D eigenvalue weighted by Crippen LogP contribution is -2.47. The summed E-state index contributed by atoms with van der Waals surface area (Å²) in [6.45, 7) is 1.73. The molecular formula is C13H20N2O2. The first-order valence-corrected chi connectivity index (χ1v) is 5.73. The Morgan fingerprint density at radius 2 is 2.00 bits per heavy atom. The number of amides is 1. The van der Waals surface area contributed by atoms with Gasteiger partial charge in [0.15, 0.2) is 0 Å². The third-order valence-corrected chi connectivity index (χ3v) is 2.89. The maximum atomic E-state index is 11.9. The average molecular weight is 236 g/mol. The molecule has 1 rings (SSSR count). The van der Waals surface area contributed by atoms with Gasteiger partial charge >= 0.3 is 0 Å². The van der Waals surface area contributed by atoms with Crippen LogP contribution >= 0.6 is 0 Å². The molecule has 0 heterocycles. The molecule has 0 aliphatic carbocycles. The van der Waals surface area contributed by atoms with Crippen molar-refractivity contribution < 1.29 is 9.90 Å². The van der Waals surface area contributed by atoms with Gasteiger partial charge in [-0.2, -0.15) is 0 Å². The lowest BCUT2D eigenvalue weighted by atomic mass is 10.1. The number of rotatable bonds is 5. The fourth-order valence-corrected chi connectivity index (χ4v) is 1.56. The van der Waals surface area contributed by atoms with Crippen molar-refractivity contribution >= 4 is 5.91 Å². The number of aliphatic hydroxyl groups excluding tert-OH is 1. The highest BCUT2D eigenvalue weighted by Crippen LogP contribution is 2.05. The average Bonchev–Trinajstić information content (AvgIpc) is 2.37. The number of carbonyl (C=O) groups excluding carboxylic acids is 1. The molecule has 0 radical (unpaired) electrons. The van der Waals surface area contributed by atoms with Crippen molar-refractivity contribution in [1.29, 1.82) is 0 Å². The van der Waals surface area contributed by atoms with Gasteiger partial charge in [-0.25, -0.2) is 0 Å². The minimum Gasteiger partial charge on any atom is -0.394 e. The summed E-state index contributed by atoms with van der Waals surface area (Å²) in [6, 6.07) is 8.90. The second-order valence-corrected chi connectivity index (χ2v) is 4.28. The summed E-state index contributed by atoms with van der Waals surface area (Å²) in [7, 11) is 1.66. The van der Waals surface area contributed by atoms with E-state index in [2.05, 4.69) is 0 Å². The van der Waals surface area contributed by atoms with Crippen LogP contribution in [0.4, 0.5) is 0 Å². The van der Waals surface area contributed by atoms with Crippen molar-refractivity contribution in [2.24, 2.45) is 5.73 Å². The fourth-order valence-electron chi connectivity index (χ4n) is 1.56. The highest BCUT2D eigenvalue weighted by Gasteiger charge is 2.21. The van der Waals surface area contributed by atoms with Gasteiger partial charge in [0.2, 0.25) is 5.91 Å². The molecular weight excluding hydrogens is 216 g/mol. The zero-order chi connectivity index (χ0) is 12.8. The van der Waals surface area contributed by atoms with Gasteiger partial charge in [0.05, 0.1) is 18.7 Å². The van der Waals surface area contributed by atoms with Crippen molar-refractivity contribution in [2.45, 2.75) is 25.4 Å². The number of aliphatic hydroxyl groups is 1. The van der Waals surface area contributed by atoms with E-state index in [0.717, 1.165) is 5.56 Å². The molecule has 0 fully saturated rings. The Bertz CT molecular complexity index is 354. The largest absolute Gasteiger partial charge is 0.394 e. The Hall–Kier alpha value is -1.39. The Kier molecular flexibility index (Phi) is 5.12. The third-order valence-electron chi connectivity index (χ3n) is 2.89. The molecule has 1 aromatic carbocycles. The fraction of sp³-hybridized carbons (Fsp3) is 0.462. The van der Waals surface area contributed by atoms with E-state index in [-0.39, 0.29) is 18.6 Å². The number of likely N-dealkylation sites (N-methyl/N-ethyl adjacent to an activating group) is 1. The minimum atomic E-state index is -0.559. The third kappa shape index (κ3) is 3.84. The van der Waals surface area contributed by atoms with Crippen molar-refractivity contribution in [3.05, 3.63) is 35.9 Å². The SMILES string of the molecule is CC(CO)N(C)C(=O)C(N)Cc1ccccc1. The van der Waals surface area contributed by atoms with Crippen LogP contribution in [0.5, 0.6) is 0 Å².